The lowest BCUT2D eigenvalue weighted by Gasteiger charge is -2.11. The van der Waals surface area contributed by atoms with Gasteiger partial charge in [-0.15, -0.1) is 0 Å². The maximum Gasteiger partial charge on any atom is 0.239 e. The summed E-state index contributed by atoms with van der Waals surface area (Å²) in [5, 5.41) is 2.74. The summed E-state index contributed by atoms with van der Waals surface area (Å²) in [6.07, 6.45) is 0.778. The second-order valence-corrected chi connectivity index (χ2v) is 7.52. The Hall–Kier alpha value is -2.38. The standard InChI is InChI=1S/C19H24N2O4S/c1-3-16-7-5-6-8-18(16)21-19(22)13-20-26(23,24)14-15-9-11-17(12-10-15)25-4-2/h5-12,20H,3-4,13-14H2,1-2H3,(H,21,22). The summed E-state index contributed by atoms with van der Waals surface area (Å²) in [7, 11) is -3.61. The van der Waals surface area contributed by atoms with Crippen LogP contribution in [0.4, 0.5) is 5.69 Å². The molecular weight excluding hydrogens is 352 g/mol. The highest BCUT2D eigenvalue weighted by atomic mass is 32.2. The van der Waals surface area contributed by atoms with Crippen molar-refractivity contribution in [1.29, 1.82) is 0 Å². The summed E-state index contributed by atoms with van der Waals surface area (Å²) >= 11 is 0. The van der Waals surface area contributed by atoms with E-state index in [0.717, 1.165) is 12.0 Å². The van der Waals surface area contributed by atoms with Gasteiger partial charge in [0.05, 0.1) is 18.9 Å². The number of nitrogens with one attached hydrogen (secondary N) is 2. The van der Waals surface area contributed by atoms with Crippen LogP contribution >= 0.6 is 0 Å². The molecule has 0 aliphatic carbocycles. The molecule has 0 aliphatic rings. The van der Waals surface area contributed by atoms with Gasteiger partial charge in [0.1, 0.15) is 5.75 Å². The number of carbonyl (C=O) groups excluding carboxylic acids is 1. The number of aryl methyl sites for hydroxylation is 1. The topological polar surface area (TPSA) is 84.5 Å². The largest absolute Gasteiger partial charge is 0.494 e. The Morgan fingerprint density at radius 2 is 1.73 bits per heavy atom. The number of ether oxygens (including phenoxy) is 1. The molecule has 0 aromatic heterocycles. The zero-order valence-corrected chi connectivity index (χ0v) is 15.8. The number of rotatable bonds is 9. The summed E-state index contributed by atoms with van der Waals surface area (Å²) in [6, 6.07) is 14.3. The van der Waals surface area contributed by atoms with Gasteiger partial charge in [-0.3, -0.25) is 4.79 Å². The van der Waals surface area contributed by atoms with Gasteiger partial charge in [-0.25, -0.2) is 13.1 Å². The highest BCUT2D eigenvalue weighted by Crippen LogP contribution is 2.15. The van der Waals surface area contributed by atoms with Crippen molar-refractivity contribution in [2.24, 2.45) is 0 Å². The third-order valence-corrected chi connectivity index (χ3v) is 5.01. The van der Waals surface area contributed by atoms with Crippen molar-refractivity contribution >= 4 is 21.6 Å². The number of sulfonamides is 1. The molecule has 0 bridgehead atoms. The van der Waals surface area contributed by atoms with Gasteiger partial charge in [0, 0.05) is 5.69 Å². The van der Waals surface area contributed by atoms with Crippen LogP contribution in [0.5, 0.6) is 5.75 Å². The molecule has 0 saturated heterocycles. The van der Waals surface area contributed by atoms with Crippen LogP contribution in [0.25, 0.3) is 0 Å². The van der Waals surface area contributed by atoms with E-state index < -0.39 is 15.9 Å². The Balaban J connectivity index is 1.89. The van der Waals surface area contributed by atoms with Crippen LogP contribution in [0.3, 0.4) is 0 Å². The van der Waals surface area contributed by atoms with E-state index in [4.69, 9.17) is 4.74 Å². The van der Waals surface area contributed by atoms with Gasteiger partial charge in [-0.05, 0) is 42.7 Å². The molecule has 26 heavy (non-hydrogen) atoms. The smallest absolute Gasteiger partial charge is 0.239 e. The zero-order valence-electron chi connectivity index (χ0n) is 15.0. The summed E-state index contributed by atoms with van der Waals surface area (Å²) in [5.41, 5.74) is 2.32. The third kappa shape index (κ3) is 6.16. The summed E-state index contributed by atoms with van der Waals surface area (Å²) < 4.78 is 32.0. The van der Waals surface area contributed by atoms with Crippen molar-refractivity contribution in [2.75, 3.05) is 18.5 Å². The molecule has 0 radical (unpaired) electrons. The number of hydrogen-bond acceptors (Lipinski definition) is 4. The predicted octanol–water partition coefficient (Wildman–Crippen LogP) is 2.71. The number of hydrogen-bond donors (Lipinski definition) is 2. The van der Waals surface area contributed by atoms with Crippen molar-refractivity contribution < 1.29 is 17.9 Å². The SMILES string of the molecule is CCOc1ccc(CS(=O)(=O)NCC(=O)Nc2ccccc2CC)cc1. The van der Waals surface area contributed by atoms with E-state index in [1.165, 1.54) is 0 Å². The van der Waals surface area contributed by atoms with Crippen molar-refractivity contribution in [2.45, 2.75) is 26.0 Å². The average Bonchev–Trinajstić information content (AvgIpc) is 2.62. The van der Waals surface area contributed by atoms with Crippen LogP contribution in [0.1, 0.15) is 25.0 Å². The van der Waals surface area contributed by atoms with Gasteiger partial charge in [0.25, 0.3) is 0 Å². The minimum Gasteiger partial charge on any atom is -0.494 e. The van der Waals surface area contributed by atoms with Gasteiger partial charge >= 0.3 is 0 Å². The lowest BCUT2D eigenvalue weighted by Crippen LogP contribution is -2.33. The first-order valence-corrected chi connectivity index (χ1v) is 10.2. The van der Waals surface area contributed by atoms with Crippen LogP contribution in [-0.4, -0.2) is 27.5 Å². The van der Waals surface area contributed by atoms with Gasteiger partial charge in [-0.1, -0.05) is 37.3 Å². The Labute approximate surface area is 154 Å². The van der Waals surface area contributed by atoms with Gasteiger partial charge in [0.2, 0.25) is 15.9 Å². The molecule has 2 aromatic rings. The second kappa shape index (κ2) is 9.35. The van der Waals surface area contributed by atoms with Crippen molar-refractivity contribution in [1.82, 2.24) is 4.72 Å². The molecule has 0 fully saturated rings. The quantitative estimate of drug-likeness (QED) is 0.705. The van der Waals surface area contributed by atoms with E-state index in [2.05, 4.69) is 10.0 Å². The first-order chi connectivity index (χ1) is 12.4. The Kier molecular flexibility index (Phi) is 7.17. The number of benzene rings is 2. The molecule has 2 N–H and O–H groups in total. The minimum absolute atomic E-state index is 0.196. The number of carbonyl (C=O) groups is 1. The Morgan fingerprint density at radius 3 is 2.38 bits per heavy atom. The van der Waals surface area contributed by atoms with E-state index in [9.17, 15) is 13.2 Å². The van der Waals surface area contributed by atoms with Crippen LogP contribution in [0.15, 0.2) is 48.5 Å². The van der Waals surface area contributed by atoms with E-state index in [1.807, 2.05) is 32.0 Å². The highest BCUT2D eigenvalue weighted by Gasteiger charge is 2.14. The lowest BCUT2D eigenvalue weighted by atomic mass is 10.1. The zero-order chi connectivity index (χ0) is 19.0. The molecule has 0 heterocycles. The van der Waals surface area contributed by atoms with Crippen LogP contribution in [0.2, 0.25) is 0 Å². The van der Waals surface area contributed by atoms with E-state index in [-0.39, 0.29) is 12.3 Å². The van der Waals surface area contributed by atoms with E-state index in [1.54, 1.807) is 30.3 Å². The third-order valence-electron chi connectivity index (χ3n) is 3.72. The number of para-hydroxylation sites is 1. The normalized spacial score (nSPS) is 11.2. The molecule has 140 valence electrons. The van der Waals surface area contributed by atoms with Gasteiger partial charge < -0.3 is 10.1 Å². The Bertz CT molecular complexity index is 833. The second-order valence-electron chi connectivity index (χ2n) is 5.72. The molecule has 6 nitrogen and oxygen atoms in total. The van der Waals surface area contributed by atoms with E-state index in [0.29, 0.717) is 23.6 Å². The molecular formula is C19H24N2O4S. The molecule has 0 aliphatic heterocycles. The molecule has 0 atom stereocenters. The molecule has 7 heteroatoms. The van der Waals surface area contributed by atoms with Crippen LogP contribution < -0.4 is 14.8 Å². The van der Waals surface area contributed by atoms with Crippen LogP contribution in [0, 0.1) is 0 Å². The van der Waals surface area contributed by atoms with Crippen molar-refractivity contribution in [3.05, 3.63) is 59.7 Å². The van der Waals surface area contributed by atoms with E-state index >= 15 is 0 Å². The first kappa shape index (κ1) is 19.9. The summed E-state index contributed by atoms with van der Waals surface area (Å²) in [6.45, 7) is 4.11. The fourth-order valence-corrected chi connectivity index (χ4v) is 3.52. The number of anilines is 1. The van der Waals surface area contributed by atoms with Crippen LogP contribution in [-0.2, 0) is 27.0 Å². The molecule has 0 saturated carbocycles. The average molecular weight is 376 g/mol. The summed E-state index contributed by atoms with van der Waals surface area (Å²) in [5.74, 6) is 0.0925. The monoisotopic (exact) mass is 376 g/mol. The lowest BCUT2D eigenvalue weighted by molar-refractivity contribution is -0.115. The first-order valence-electron chi connectivity index (χ1n) is 8.50. The highest BCUT2D eigenvalue weighted by molar-refractivity contribution is 7.88. The van der Waals surface area contributed by atoms with Crippen molar-refractivity contribution in [3.63, 3.8) is 0 Å². The maximum atomic E-state index is 12.2. The summed E-state index contributed by atoms with van der Waals surface area (Å²) in [4.78, 5) is 12.0. The maximum absolute atomic E-state index is 12.2. The number of amides is 1. The fraction of sp³-hybridized carbons (Fsp3) is 0.316. The molecule has 0 spiro atoms. The Morgan fingerprint density at radius 1 is 1.04 bits per heavy atom. The van der Waals surface area contributed by atoms with Gasteiger partial charge in [0.15, 0.2) is 0 Å². The molecule has 2 aromatic carbocycles. The molecule has 0 unspecified atom stereocenters. The minimum atomic E-state index is -3.61. The van der Waals surface area contributed by atoms with Gasteiger partial charge in [-0.2, -0.15) is 0 Å². The fourth-order valence-electron chi connectivity index (χ4n) is 2.44. The molecule has 1 amide bonds. The van der Waals surface area contributed by atoms with Crippen molar-refractivity contribution in [3.8, 4) is 5.75 Å². The molecule has 2 rings (SSSR count). The predicted molar refractivity (Wildman–Crippen MR) is 103 cm³/mol.